The van der Waals surface area contributed by atoms with Gasteiger partial charge in [0.05, 0.1) is 6.61 Å². The standard InChI is InChI=1S/C21H21NO3S/c22-26(23,24)21-19(18-12-5-2-6-13-18)14-7-15-20(21)25-16-8-11-17-9-3-1-4-10-17/h1-7,9-10,12-15H,8,11,16H2,(H2,22,23,24). The summed E-state index contributed by atoms with van der Waals surface area (Å²) in [5.74, 6) is 0.293. The normalized spacial score (nSPS) is 11.3. The molecule has 0 atom stereocenters. The van der Waals surface area contributed by atoms with E-state index in [9.17, 15) is 8.42 Å². The van der Waals surface area contributed by atoms with Gasteiger partial charge in [-0.25, -0.2) is 13.6 Å². The molecule has 0 amide bonds. The fraction of sp³-hybridized carbons (Fsp3) is 0.143. The molecule has 0 fully saturated rings. The van der Waals surface area contributed by atoms with Crippen LogP contribution in [-0.2, 0) is 16.4 Å². The minimum atomic E-state index is -3.93. The Morgan fingerprint density at radius 2 is 1.46 bits per heavy atom. The lowest BCUT2D eigenvalue weighted by molar-refractivity contribution is 0.303. The highest BCUT2D eigenvalue weighted by atomic mass is 32.2. The lowest BCUT2D eigenvalue weighted by atomic mass is 10.1. The smallest absolute Gasteiger partial charge is 0.242 e. The van der Waals surface area contributed by atoms with Gasteiger partial charge < -0.3 is 4.74 Å². The van der Waals surface area contributed by atoms with E-state index in [0.717, 1.165) is 18.4 Å². The maximum atomic E-state index is 12.2. The summed E-state index contributed by atoms with van der Waals surface area (Å²) in [6.45, 7) is 0.412. The second-order valence-electron chi connectivity index (χ2n) is 5.98. The van der Waals surface area contributed by atoms with Crippen LogP contribution in [0.2, 0.25) is 0 Å². The first-order valence-corrected chi connectivity index (χ1v) is 9.98. The van der Waals surface area contributed by atoms with E-state index in [1.165, 1.54) is 5.56 Å². The molecule has 0 spiro atoms. The van der Waals surface area contributed by atoms with Gasteiger partial charge in [-0.05, 0) is 30.0 Å². The number of benzene rings is 3. The predicted molar refractivity (Wildman–Crippen MR) is 104 cm³/mol. The minimum Gasteiger partial charge on any atom is -0.492 e. The molecule has 3 rings (SSSR count). The quantitative estimate of drug-likeness (QED) is 0.642. The van der Waals surface area contributed by atoms with Crippen LogP contribution in [0.15, 0.2) is 83.8 Å². The average Bonchev–Trinajstić information content (AvgIpc) is 2.66. The summed E-state index contributed by atoms with van der Waals surface area (Å²) in [5.41, 5.74) is 2.56. The van der Waals surface area contributed by atoms with E-state index in [2.05, 4.69) is 12.1 Å². The SMILES string of the molecule is NS(=O)(=O)c1c(OCCCc2ccccc2)cccc1-c1ccccc1. The van der Waals surface area contributed by atoms with Crippen LogP contribution in [0.25, 0.3) is 11.1 Å². The first-order valence-electron chi connectivity index (χ1n) is 8.43. The van der Waals surface area contributed by atoms with Crippen LogP contribution in [0.3, 0.4) is 0 Å². The summed E-state index contributed by atoms with van der Waals surface area (Å²) in [7, 11) is -3.93. The fourth-order valence-electron chi connectivity index (χ4n) is 2.87. The van der Waals surface area contributed by atoms with Crippen molar-refractivity contribution in [1.82, 2.24) is 0 Å². The number of rotatable bonds is 7. The van der Waals surface area contributed by atoms with Crippen molar-refractivity contribution < 1.29 is 13.2 Å². The Morgan fingerprint density at radius 3 is 2.12 bits per heavy atom. The van der Waals surface area contributed by atoms with Crippen LogP contribution >= 0.6 is 0 Å². The number of nitrogens with two attached hydrogens (primary N) is 1. The lowest BCUT2D eigenvalue weighted by Crippen LogP contribution is -2.15. The molecular formula is C21H21NO3S. The average molecular weight is 367 g/mol. The summed E-state index contributed by atoms with van der Waals surface area (Å²) in [6.07, 6.45) is 1.65. The molecule has 2 N–H and O–H groups in total. The number of ether oxygens (including phenoxy) is 1. The summed E-state index contributed by atoms with van der Waals surface area (Å²) >= 11 is 0. The zero-order valence-electron chi connectivity index (χ0n) is 14.3. The van der Waals surface area contributed by atoms with Crippen molar-refractivity contribution in [2.45, 2.75) is 17.7 Å². The van der Waals surface area contributed by atoms with Crippen LogP contribution in [0.1, 0.15) is 12.0 Å². The maximum absolute atomic E-state index is 12.2. The molecule has 3 aromatic carbocycles. The molecule has 4 nitrogen and oxygen atoms in total. The molecule has 0 aliphatic carbocycles. The van der Waals surface area contributed by atoms with Gasteiger partial charge in [0, 0.05) is 5.56 Å². The van der Waals surface area contributed by atoms with Gasteiger partial charge >= 0.3 is 0 Å². The third-order valence-electron chi connectivity index (χ3n) is 4.06. The van der Waals surface area contributed by atoms with Gasteiger partial charge in [-0.1, -0.05) is 72.8 Å². The fourth-order valence-corrected chi connectivity index (χ4v) is 3.77. The van der Waals surface area contributed by atoms with Crippen LogP contribution in [0.4, 0.5) is 0 Å². The van der Waals surface area contributed by atoms with E-state index >= 15 is 0 Å². The monoisotopic (exact) mass is 367 g/mol. The van der Waals surface area contributed by atoms with Crippen molar-refractivity contribution in [2.75, 3.05) is 6.61 Å². The second-order valence-corrected chi connectivity index (χ2v) is 7.48. The van der Waals surface area contributed by atoms with Crippen molar-refractivity contribution in [2.24, 2.45) is 5.14 Å². The Kier molecular flexibility index (Phi) is 5.71. The molecule has 0 saturated heterocycles. The van der Waals surface area contributed by atoms with E-state index in [1.807, 2.05) is 48.5 Å². The molecule has 0 aromatic heterocycles. The van der Waals surface area contributed by atoms with Gasteiger partial charge in [0.2, 0.25) is 10.0 Å². The van der Waals surface area contributed by atoms with E-state index in [-0.39, 0.29) is 4.90 Å². The van der Waals surface area contributed by atoms with Crippen molar-refractivity contribution >= 4 is 10.0 Å². The van der Waals surface area contributed by atoms with E-state index < -0.39 is 10.0 Å². The van der Waals surface area contributed by atoms with Crippen molar-refractivity contribution in [3.05, 3.63) is 84.4 Å². The number of sulfonamides is 1. The Labute approximate surface area is 154 Å². The van der Waals surface area contributed by atoms with Crippen LogP contribution in [-0.4, -0.2) is 15.0 Å². The number of hydrogen-bond acceptors (Lipinski definition) is 3. The van der Waals surface area contributed by atoms with E-state index in [0.29, 0.717) is 17.9 Å². The summed E-state index contributed by atoms with van der Waals surface area (Å²) in [6, 6.07) is 24.6. The molecule has 3 aromatic rings. The first-order chi connectivity index (χ1) is 12.6. The van der Waals surface area contributed by atoms with Gasteiger partial charge in [0.15, 0.2) is 0 Å². The Hall–Kier alpha value is -2.63. The molecule has 134 valence electrons. The van der Waals surface area contributed by atoms with Crippen LogP contribution in [0, 0.1) is 0 Å². The van der Waals surface area contributed by atoms with Gasteiger partial charge in [-0.15, -0.1) is 0 Å². The Balaban J connectivity index is 1.81. The van der Waals surface area contributed by atoms with Gasteiger partial charge in [-0.2, -0.15) is 0 Å². The van der Waals surface area contributed by atoms with Gasteiger partial charge in [0.1, 0.15) is 10.6 Å². The highest BCUT2D eigenvalue weighted by Crippen LogP contribution is 2.34. The highest BCUT2D eigenvalue weighted by molar-refractivity contribution is 7.89. The predicted octanol–water partition coefficient (Wildman–Crippen LogP) is 4.01. The van der Waals surface area contributed by atoms with Crippen molar-refractivity contribution in [1.29, 1.82) is 0 Å². The van der Waals surface area contributed by atoms with Crippen molar-refractivity contribution in [3.8, 4) is 16.9 Å². The molecule has 0 aliphatic rings. The molecule has 0 saturated carbocycles. The summed E-state index contributed by atoms with van der Waals surface area (Å²) in [5, 5.41) is 5.48. The molecule has 0 aliphatic heterocycles. The Bertz CT molecular complexity index is 955. The largest absolute Gasteiger partial charge is 0.492 e. The third-order valence-corrected chi connectivity index (χ3v) is 5.05. The molecule has 0 radical (unpaired) electrons. The van der Waals surface area contributed by atoms with Gasteiger partial charge in [-0.3, -0.25) is 0 Å². The topological polar surface area (TPSA) is 69.4 Å². The number of aryl methyl sites for hydroxylation is 1. The van der Waals surface area contributed by atoms with Gasteiger partial charge in [0.25, 0.3) is 0 Å². The lowest BCUT2D eigenvalue weighted by Gasteiger charge is -2.14. The first kappa shape index (κ1) is 18.2. The molecule has 26 heavy (non-hydrogen) atoms. The van der Waals surface area contributed by atoms with E-state index in [1.54, 1.807) is 18.2 Å². The second kappa shape index (κ2) is 8.17. The highest BCUT2D eigenvalue weighted by Gasteiger charge is 2.21. The molecular weight excluding hydrogens is 346 g/mol. The van der Waals surface area contributed by atoms with Crippen LogP contribution < -0.4 is 9.88 Å². The zero-order chi connectivity index (χ0) is 18.4. The molecule has 0 bridgehead atoms. The zero-order valence-corrected chi connectivity index (χ0v) is 15.2. The number of primary sulfonamides is 1. The summed E-state index contributed by atoms with van der Waals surface area (Å²) in [4.78, 5) is 0.0333. The Morgan fingerprint density at radius 1 is 0.808 bits per heavy atom. The summed E-state index contributed by atoms with van der Waals surface area (Å²) < 4.78 is 30.2. The minimum absolute atomic E-state index is 0.0333. The van der Waals surface area contributed by atoms with Crippen LogP contribution in [0.5, 0.6) is 5.75 Å². The maximum Gasteiger partial charge on any atom is 0.242 e. The van der Waals surface area contributed by atoms with E-state index in [4.69, 9.17) is 9.88 Å². The third kappa shape index (κ3) is 4.50. The van der Waals surface area contributed by atoms with Crippen molar-refractivity contribution in [3.63, 3.8) is 0 Å². The molecule has 5 heteroatoms. The number of hydrogen-bond donors (Lipinski definition) is 1. The molecule has 0 heterocycles. The molecule has 0 unspecified atom stereocenters.